The number of ether oxygens (including phenoxy) is 1. The Labute approximate surface area is 156 Å². The van der Waals surface area contributed by atoms with E-state index in [9.17, 15) is 4.79 Å². The van der Waals surface area contributed by atoms with Crippen LogP contribution >= 0.6 is 11.8 Å². The number of carbonyl (C=O) groups is 1. The predicted molar refractivity (Wildman–Crippen MR) is 103 cm³/mol. The van der Waals surface area contributed by atoms with E-state index in [-0.39, 0.29) is 5.91 Å². The Kier molecular flexibility index (Phi) is 5.40. The Morgan fingerprint density at radius 2 is 2.04 bits per heavy atom. The Bertz CT molecular complexity index is 958. The van der Waals surface area contributed by atoms with Crippen molar-refractivity contribution in [3.8, 4) is 11.9 Å². The quantitative estimate of drug-likeness (QED) is 0.615. The molecule has 1 amide bonds. The molecule has 0 aromatic heterocycles. The van der Waals surface area contributed by atoms with Gasteiger partial charge in [0.15, 0.2) is 5.17 Å². The van der Waals surface area contributed by atoms with Gasteiger partial charge in [-0.1, -0.05) is 30.3 Å². The van der Waals surface area contributed by atoms with Gasteiger partial charge in [-0.05, 0) is 66.1 Å². The lowest BCUT2D eigenvalue weighted by Crippen LogP contribution is -2.19. The number of nitrogens with one attached hydrogen (secondary N) is 1. The lowest BCUT2D eigenvalue weighted by Gasteiger charge is -2.16. The van der Waals surface area contributed by atoms with E-state index >= 15 is 0 Å². The number of aliphatic imine (C=N–C) groups is 1. The zero-order valence-corrected chi connectivity index (χ0v) is 15.3. The van der Waals surface area contributed by atoms with E-state index in [1.54, 1.807) is 12.3 Å². The van der Waals surface area contributed by atoms with Crippen LogP contribution < -0.4 is 10.1 Å². The van der Waals surface area contributed by atoms with Crippen molar-refractivity contribution in [2.45, 2.75) is 20.5 Å². The summed E-state index contributed by atoms with van der Waals surface area (Å²) in [6.45, 7) is 4.81. The topological polar surface area (TPSA) is 74.5 Å². The molecule has 26 heavy (non-hydrogen) atoms. The van der Waals surface area contributed by atoms with Gasteiger partial charge in [0.25, 0.3) is 5.91 Å². The second-order valence-corrected chi connectivity index (χ2v) is 6.86. The van der Waals surface area contributed by atoms with Crippen molar-refractivity contribution >= 4 is 28.9 Å². The average molecular weight is 363 g/mol. The van der Waals surface area contributed by atoms with Gasteiger partial charge < -0.3 is 4.74 Å². The van der Waals surface area contributed by atoms with Crippen LogP contribution in [0.1, 0.15) is 22.3 Å². The molecule has 3 aliphatic rings. The number of nitrogens with zero attached hydrogens (tertiary/aromatic N) is 2. The minimum absolute atomic E-state index is 0.216. The number of benzene rings is 2. The maximum absolute atomic E-state index is 11.6. The number of carbonyl (C=O) groups excluding carboxylic acids is 1. The molecule has 1 fully saturated rings. The second kappa shape index (κ2) is 7.89. The number of thioether (sulfide) groups is 1. The molecule has 2 bridgehead atoms. The fourth-order valence-electron chi connectivity index (χ4n) is 2.54. The highest BCUT2D eigenvalue weighted by molar-refractivity contribution is 8.18. The lowest BCUT2D eigenvalue weighted by molar-refractivity contribution is -0.115. The third kappa shape index (κ3) is 4.13. The van der Waals surface area contributed by atoms with Gasteiger partial charge in [0.05, 0.1) is 4.91 Å². The summed E-state index contributed by atoms with van der Waals surface area (Å²) >= 11 is 1.17. The number of rotatable bonds is 1. The molecule has 1 saturated heterocycles. The molecule has 5 rings (SSSR count). The van der Waals surface area contributed by atoms with Crippen molar-refractivity contribution in [1.82, 2.24) is 5.32 Å². The van der Waals surface area contributed by atoms with Crippen molar-refractivity contribution in [1.29, 1.82) is 5.26 Å². The van der Waals surface area contributed by atoms with Crippen LogP contribution in [0.5, 0.6) is 5.75 Å². The van der Waals surface area contributed by atoms with E-state index in [1.165, 1.54) is 22.9 Å². The summed E-state index contributed by atoms with van der Waals surface area (Å²) in [5, 5.41) is 11.3. The molecule has 5 nitrogen and oxygen atoms in total. The average Bonchev–Trinajstić information content (AvgIpc) is 2.98. The normalized spacial score (nSPS) is 17.3. The fourth-order valence-corrected chi connectivity index (χ4v) is 3.31. The number of amides is 1. The fraction of sp³-hybridized carbons (Fsp3) is 0.150. The van der Waals surface area contributed by atoms with Crippen LogP contribution in [0.4, 0.5) is 0 Å². The van der Waals surface area contributed by atoms with Crippen LogP contribution in [0, 0.1) is 25.3 Å². The summed E-state index contributed by atoms with van der Waals surface area (Å²) in [6.07, 6.45) is 3.45. The van der Waals surface area contributed by atoms with E-state index < -0.39 is 0 Å². The highest BCUT2D eigenvalue weighted by Gasteiger charge is 2.23. The summed E-state index contributed by atoms with van der Waals surface area (Å²) in [5.74, 6) is 0.817. The maximum Gasteiger partial charge on any atom is 0.264 e. The van der Waals surface area contributed by atoms with E-state index in [0.29, 0.717) is 10.1 Å². The van der Waals surface area contributed by atoms with Gasteiger partial charge in [-0.2, -0.15) is 5.26 Å². The number of nitriles is 1. The third-order valence-electron chi connectivity index (χ3n) is 3.91. The first-order chi connectivity index (χ1) is 12.6. The monoisotopic (exact) mass is 363 g/mol. The van der Waals surface area contributed by atoms with Gasteiger partial charge in [0.1, 0.15) is 12.4 Å². The van der Waals surface area contributed by atoms with Crippen LogP contribution in [0.2, 0.25) is 0 Å². The minimum atomic E-state index is -0.216. The highest BCUT2D eigenvalue weighted by atomic mass is 32.2. The number of aryl methyl sites for hydroxylation is 2. The molecule has 6 heteroatoms. The Hall–Kier alpha value is -3.04. The number of amidine groups is 1. The Morgan fingerprint density at radius 3 is 2.58 bits per heavy atom. The molecule has 0 atom stereocenters. The van der Waals surface area contributed by atoms with E-state index in [1.807, 2.05) is 37.3 Å². The number of fused-ring (bicyclic) bond motifs is 3. The SMILES string of the molecule is Cc1cc2ccc1OC2.Cc1ccccc1C=C1SC(=NC#N)NC1=O. The van der Waals surface area contributed by atoms with Crippen LogP contribution in [-0.4, -0.2) is 11.1 Å². The summed E-state index contributed by atoms with van der Waals surface area (Å²) in [7, 11) is 0. The maximum atomic E-state index is 11.6. The molecule has 3 heterocycles. The summed E-state index contributed by atoms with van der Waals surface area (Å²) < 4.78 is 5.31. The molecule has 1 N–H and O–H groups in total. The van der Waals surface area contributed by atoms with Gasteiger partial charge in [-0.3, -0.25) is 10.1 Å². The minimum Gasteiger partial charge on any atom is -0.489 e. The van der Waals surface area contributed by atoms with Gasteiger partial charge in [0.2, 0.25) is 6.19 Å². The first kappa shape index (κ1) is 17.8. The molecule has 2 aromatic carbocycles. The molecule has 0 unspecified atom stereocenters. The van der Waals surface area contributed by atoms with Crippen LogP contribution in [0.15, 0.2) is 52.4 Å². The smallest absolute Gasteiger partial charge is 0.264 e. The van der Waals surface area contributed by atoms with Crippen LogP contribution in [-0.2, 0) is 11.4 Å². The Morgan fingerprint density at radius 1 is 1.23 bits per heavy atom. The number of hydrogen-bond acceptors (Lipinski definition) is 5. The summed E-state index contributed by atoms with van der Waals surface area (Å²) in [6, 6.07) is 14.1. The molecule has 0 radical (unpaired) electrons. The molecular formula is C20H17N3O2S. The first-order valence-electron chi connectivity index (χ1n) is 8.02. The molecule has 0 aliphatic carbocycles. The van der Waals surface area contributed by atoms with Gasteiger partial charge in [-0.15, -0.1) is 4.99 Å². The van der Waals surface area contributed by atoms with E-state index in [4.69, 9.17) is 10.00 Å². The van der Waals surface area contributed by atoms with E-state index in [0.717, 1.165) is 23.5 Å². The van der Waals surface area contributed by atoms with Crippen molar-refractivity contribution in [2.75, 3.05) is 0 Å². The van der Waals surface area contributed by atoms with Gasteiger partial charge in [0, 0.05) is 0 Å². The molecule has 130 valence electrons. The molecule has 2 aromatic rings. The Balaban J connectivity index is 0.000000181. The predicted octanol–water partition coefficient (Wildman–Crippen LogP) is 3.92. The van der Waals surface area contributed by atoms with Gasteiger partial charge >= 0.3 is 0 Å². The van der Waals surface area contributed by atoms with Crippen molar-refractivity contribution in [3.63, 3.8) is 0 Å². The van der Waals surface area contributed by atoms with Crippen LogP contribution in [0.3, 0.4) is 0 Å². The molecular weight excluding hydrogens is 346 g/mol. The second-order valence-electron chi connectivity index (χ2n) is 5.83. The van der Waals surface area contributed by atoms with Gasteiger partial charge in [-0.25, -0.2) is 0 Å². The zero-order chi connectivity index (χ0) is 18.5. The largest absolute Gasteiger partial charge is 0.489 e. The van der Waals surface area contributed by atoms with E-state index in [2.05, 4.69) is 29.4 Å². The van der Waals surface area contributed by atoms with Crippen molar-refractivity contribution < 1.29 is 9.53 Å². The molecule has 0 spiro atoms. The number of hydrogen-bond donors (Lipinski definition) is 1. The third-order valence-corrected chi connectivity index (χ3v) is 4.82. The van der Waals surface area contributed by atoms with Crippen molar-refractivity contribution in [3.05, 3.63) is 69.6 Å². The molecule has 0 saturated carbocycles. The first-order valence-corrected chi connectivity index (χ1v) is 8.84. The molecule has 3 aliphatic heterocycles. The zero-order valence-electron chi connectivity index (χ0n) is 14.4. The van der Waals surface area contributed by atoms with Crippen molar-refractivity contribution in [2.24, 2.45) is 4.99 Å². The highest BCUT2D eigenvalue weighted by Crippen LogP contribution is 2.27. The lowest BCUT2D eigenvalue weighted by atomic mass is 10.1. The summed E-state index contributed by atoms with van der Waals surface area (Å²) in [5.41, 5.74) is 4.61. The van der Waals surface area contributed by atoms with Crippen LogP contribution in [0.25, 0.3) is 6.08 Å². The standard InChI is InChI=1S/C12H9N3OS.C8H8O/c1-8-4-2-3-5-9(8)6-10-11(16)15-12(17-10)14-7-13;1-6-4-7-2-3-8(6)9-5-7/h2-6H,1H3,(H,14,15,16);2-4H,5H2,1H3. The summed E-state index contributed by atoms with van der Waals surface area (Å²) in [4.78, 5) is 15.6.